The monoisotopic (exact) mass is 294 g/mol. The molecule has 10 heteroatoms. The van der Waals surface area contributed by atoms with E-state index in [1.54, 1.807) is 0 Å². The van der Waals surface area contributed by atoms with Gasteiger partial charge in [0.15, 0.2) is 11.7 Å². The zero-order valence-electron chi connectivity index (χ0n) is 8.22. The predicted molar refractivity (Wildman–Crippen MR) is 47.5 cm³/mol. The fourth-order valence-corrected chi connectivity index (χ4v) is 1.84. The molecule has 3 nitrogen and oxygen atoms in total. The van der Waals surface area contributed by atoms with E-state index < -0.39 is 40.4 Å². The van der Waals surface area contributed by atoms with Gasteiger partial charge in [0.1, 0.15) is 10.4 Å². The van der Waals surface area contributed by atoms with Crippen molar-refractivity contribution in [1.82, 2.24) is 0 Å². The molecule has 1 rings (SSSR count). The van der Waals surface area contributed by atoms with Gasteiger partial charge in [0.05, 0.1) is 0 Å². The Kier molecular flexibility index (Phi) is 3.79. The lowest BCUT2D eigenvalue weighted by Gasteiger charge is -2.07. The minimum absolute atomic E-state index is 0.109. The number of thiophene rings is 1. The number of ether oxygens (including phenoxy) is 1. The van der Waals surface area contributed by atoms with Crippen LogP contribution in [0.3, 0.4) is 0 Å². The lowest BCUT2D eigenvalue weighted by molar-refractivity contribution is -0.144. The fourth-order valence-electron chi connectivity index (χ4n) is 0.946. The number of carboxylic acid groups (broad SMARTS) is 1. The topological polar surface area (TPSA) is 46.5 Å². The molecule has 0 unspecified atom stereocenters. The average Bonchev–Trinajstić information content (AvgIpc) is 2.56. The minimum Gasteiger partial charge on any atom is -0.479 e. The van der Waals surface area contributed by atoms with Crippen LogP contribution in [0, 0.1) is 0 Å². The summed E-state index contributed by atoms with van der Waals surface area (Å²) in [4.78, 5) is 8.61. The summed E-state index contributed by atoms with van der Waals surface area (Å²) in [5.74, 6) is -1.59. The molecule has 0 bridgehead atoms. The van der Waals surface area contributed by atoms with Gasteiger partial charge in [0.2, 0.25) is 0 Å². The second kappa shape index (κ2) is 4.67. The molecule has 0 aromatic carbocycles. The van der Waals surface area contributed by atoms with Crippen molar-refractivity contribution in [3.63, 3.8) is 0 Å². The SMILES string of the molecule is O=C(O)COc1sc(C(F)(F)F)cc1C(F)(F)F. The molecule has 102 valence electrons. The Morgan fingerprint density at radius 2 is 1.78 bits per heavy atom. The molecule has 0 fully saturated rings. The van der Waals surface area contributed by atoms with Crippen LogP contribution in [0.15, 0.2) is 6.07 Å². The summed E-state index contributed by atoms with van der Waals surface area (Å²) in [6, 6.07) is -0.109. The number of halogens is 6. The largest absolute Gasteiger partial charge is 0.479 e. The average molecular weight is 294 g/mol. The second-order valence-electron chi connectivity index (χ2n) is 2.99. The Labute approximate surface area is 99.6 Å². The molecule has 18 heavy (non-hydrogen) atoms. The second-order valence-corrected chi connectivity index (χ2v) is 4.00. The molecule has 1 aromatic heterocycles. The fraction of sp³-hybridized carbons (Fsp3) is 0.375. The minimum atomic E-state index is -5.05. The molecule has 0 aliphatic heterocycles. The van der Waals surface area contributed by atoms with E-state index in [1.165, 1.54) is 0 Å². The summed E-state index contributed by atoms with van der Waals surface area (Å²) in [5.41, 5.74) is -1.64. The molecular formula is C8H4F6O3S. The zero-order chi connectivity index (χ0) is 14.1. The van der Waals surface area contributed by atoms with Crippen LogP contribution in [0.5, 0.6) is 5.06 Å². The van der Waals surface area contributed by atoms with Gasteiger partial charge >= 0.3 is 18.3 Å². The molecule has 1 heterocycles. The quantitative estimate of drug-likeness (QED) is 0.870. The van der Waals surface area contributed by atoms with E-state index in [9.17, 15) is 31.1 Å². The molecule has 0 atom stereocenters. The summed E-state index contributed by atoms with van der Waals surface area (Å²) in [5, 5.41) is 7.10. The number of hydrogen-bond acceptors (Lipinski definition) is 3. The number of carboxylic acids is 1. The first-order chi connectivity index (χ1) is 8.01. The molecule has 0 amide bonds. The van der Waals surface area contributed by atoms with Gasteiger partial charge in [-0.05, 0) is 6.07 Å². The number of alkyl halides is 6. The number of rotatable bonds is 3. The van der Waals surface area contributed by atoms with Crippen molar-refractivity contribution in [1.29, 1.82) is 0 Å². The van der Waals surface area contributed by atoms with Gasteiger partial charge in [-0.1, -0.05) is 11.3 Å². The van der Waals surface area contributed by atoms with Crippen LogP contribution in [-0.2, 0) is 17.1 Å². The number of hydrogen-bond donors (Lipinski definition) is 1. The first kappa shape index (κ1) is 14.6. The van der Waals surface area contributed by atoms with Gasteiger partial charge < -0.3 is 9.84 Å². The molecule has 1 aromatic rings. The summed E-state index contributed by atoms with van der Waals surface area (Å²) < 4.78 is 78.1. The van der Waals surface area contributed by atoms with Gasteiger partial charge in [0.25, 0.3) is 0 Å². The smallest absolute Gasteiger partial charge is 0.425 e. The Morgan fingerprint density at radius 3 is 2.17 bits per heavy atom. The zero-order valence-corrected chi connectivity index (χ0v) is 9.04. The highest BCUT2D eigenvalue weighted by atomic mass is 32.1. The lowest BCUT2D eigenvalue weighted by atomic mass is 10.3. The molecular weight excluding hydrogens is 290 g/mol. The molecule has 0 radical (unpaired) electrons. The highest BCUT2D eigenvalue weighted by Crippen LogP contribution is 2.46. The van der Waals surface area contributed by atoms with Crippen molar-refractivity contribution >= 4 is 17.3 Å². The first-order valence-corrected chi connectivity index (χ1v) is 4.96. The van der Waals surface area contributed by atoms with Crippen LogP contribution in [0.2, 0.25) is 0 Å². The van der Waals surface area contributed by atoms with E-state index in [2.05, 4.69) is 4.74 Å². The van der Waals surface area contributed by atoms with Gasteiger partial charge in [-0.25, -0.2) is 4.79 Å². The van der Waals surface area contributed by atoms with Crippen LogP contribution in [0.1, 0.15) is 10.4 Å². The maximum atomic E-state index is 12.4. The van der Waals surface area contributed by atoms with E-state index >= 15 is 0 Å². The summed E-state index contributed by atoms with van der Waals surface area (Å²) in [7, 11) is 0. The number of aliphatic carboxylic acids is 1. The molecule has 0 aliphatic rings. The Hall–Kier alpha value is -1.45. The van der Waals surface area contributed by atoms with Crippen molar-refractivity contribution in [3.05, 3.63) is 16.5 Å². The van der Waals surface area contributed by atoms with Crippen LogP contribution in [-0.4, -0.2) is 17.7 Å². The summed E-state index contributed by atoms with van der Waals surface area (Å²) >= 11 is -0.295. The third kappa shape index (κ3) is 3.52. The lowest BCUT2D eigenvalue weighted by Crippen LogP contribution is -2.12. The van der Waals surface area contributed by atoms with E-state index in [0.717, 1.165) is 0 Å². The van der Waals surface area contributed by atoms with Gasteiger partial charge in [-0.3, -0.25) is 0 Å². The molecule has 0 saturated heterocycles. The maximum Gasteiger partial charge on any atom is 0.425 e. The molecule has 0 saturated carbocycles. The Bertz CT molecular complexity index is 447. The van der Waals surface area contributed by atoms with Gasteiger partial charge in [0, 0.05) is 0 Å². The third-order valence-corrected chi connectivity index (χ3v) is 2.70. The van der Waals surface area contributed by atoms with E-state index in [0.29, 0.717) is 0 Å². The summed E-state index contributed by atoms with van der Waals surface area (Å²) in [6.07, 6.45) is -10.00. The normalized spacial score (nSPS) is 12.6. The third-order valence-electron chi connectivity index (χ3n) is 1.61. The molecule has 0 spiro atoms. The van der Waals surface area contributed by atoms with Crippen LogP contribution in [0.25, 0.3) is 0 Å². The molecule has 1 N–H and O–H groups in total. The van der Waals surface area contributed by atoms with Gasteiger partial charge in [-0.15, -0.1) is 0 Å². The predicted octanol–water partition coefficient (Wildman–Crippen LogP) is 3.25. The molecule has 0 aliphatic carbocycles. The van der Waals surface area contributed by atoms with Gasteiger partial charge in [-0.2, -0.15) is 26.3 Å². The number of carbonyl (C=O) groups is 1. The van der Waals surface area contributed by atoms with Crippen LogP contribution < -0.4 is 4.74 Å². The van der Waals surface area contributed by atoms with E-state index in [4.69, 9.17) is 5.11 Å². The Morgan fingerprint density at radius 1 is 1.22 bits per heavy atom. The van der Waals surface area contributed by atoms with Crippen LogP contribution in [0.4, 0.5) is 26.3 Å². The maximum absolute atomic E-state index is 12.4. The first-order valence-electron chi connectivity index (χ1n) is 4.14. The van der Waals surface area contributed by atoms with Crippen molar-refractivity contribution < 1.29 is 41.0 Å². The highest BCUT2D eigenvalue weighted by molar-refractivity contribution is 7.14. The van der Waals surface area contributed by atoms with Crippen molar-refractivity contribution in [2.45, 2.75) is 12.4 Å². The highest BCUT2D eigenvalue weighted by Gasteiger charge is 2.42. The van der Waals surface area contributed by atoms with Crippen molar-refractivity contribution in [2.75, 3.05) is 6.61 Å². The van der Waals surface area contributed by atoms with Crippen molar-refractivity contribution in [3.8, 4) is 5.06 Å². The Balaban J connectivity index is 3.14. The van der Waals surface area contributed by atoms with Crippen LogP contribution >= 0.6 is 11.3 Å². The standard InChI is InChI=1S/C8H4F6O3S/c9-7(10,11)3-1-4(8(12,13)14)18-6(3)17-2-5(15)16/h1H,2H2,(H,15,16). The van der Waals surface area contributed by atoms with E-state index in [-0.39, 0.29) is 17.4 Å². The van der Waals surface area contributed by atoms with Crippen molar-refractivity contribution in [2.24, 2.45) is 0 Å². The summed E-state index contributed by atoms with van der Waals surface area (Å²) in [6.45, 7) is -1.15. The van der Waals surface area contributed by atoms with E-state index in [1.807, 2.05) is 0 Å².